The van der Waals surface area contributed by atoms with Crippen LogP contribution in [0.2, 0.25) is 0 Å². The molecule has 0 aromatic heterocycles. The fraction of sp³-hybridized carbons (Fsp3) is 0.533. The highest BCUT2D eigenvalue weighted by atomic mass is 16.5. The molecule has 1 atom stereocenters. The van der Waals surface area contributed by atoms with Gasteiger partial charge in [-0.1, -0.05) is 0 Å². The Morgan fingerprint density at radius 1 is 1.45 bits per heavy atom. The van der Waals surface area contributed by atoms with Crippen LogP contribution in [0.15, 0.2) is 18.2 Å². The third-order valence-electron chi connectivity index (χ3n) is 3.79. The molecule has 0 aliphatic carbocycles. The van der Waals surface area contributed by atoms with Crippen molar-refractivity contribution in [2.75, 3.05) is 39.9 Å². The first-order valence-corrected chi connectivity index (χ1v) is 7.09. The maximum atomic E-state index is 12.6. The Morgan fingerprint density at radius 3 is 3.20 bits per heavy atom. The van der Waals surface area contributed by atoms with Gasteiger partial charge in [-0.15, -0.1) is 0 Å². The minimum absolute atomic E-state index is 0.0791. The standard InChI is InChI=1S/C15H20N2O3/c1-16-9-13-10-17(5-7-19-13)15(18)12-2-3-14-11(8-12)4-6-20-14/h2-3,8,13,16H,4-7,9-10H2,1H3. The molecule has 2 heterocycles. The van der Waals surface area contributed by atoms with Crippen LogP contribution >= 0.6 is 0 Å². The molecule has 1 fully saturated rings. The van der Waals surface area contributed by atoms with Gasteiger partial charge in [0, 0.05) is 31.6 Å². The van der Waals surface area contributed by atoms with Crippen molar-refractivity contribution in [1.82, 2.24) is 10.2 Å². The summed E-state index contributed by atoms with van der Waals surface area (Å²) in [5.41, 5.74) is 1.88. The Morgan fingerprint density at radius 2 is 2.35 bits per heavy atom. The van der Waals surface area contributed by atoms with Crippen LogP contribution in [0.25, 0.3) is 0 Å². The predicted molar refractivity (Wildman–Crippen MR) is 75.2 cm³/mol. The third-order valence-corrected chi connectivity index (χ3v) is 3.79. The van der Waals surface area contributed by atoms with Crippen LogP contribution in [0.5, 0.6) is 5.75 Å². The van der Waals surface area contributed by atoms with E-state index in [1.54, 1.807) is 0 Å². The SMILES string of the molecule is CNCC1CN(C(=O)c2ccc3c(c2)CCO3)CCO1. The highest BCUT2D eigenvalue weighted by Gasteiger charge is 2.25. The molecule has 1 amide bonds. The smallest absolute Gasteiger partial charge is 0.254 e. The van der Waals surface area contributed by atoms with E-state index in [2.05, 4.69) is 5.32 Å². The van der Waals surface area contributed by atoms with Crippen molar-refractivity contribution in [2.45, 2.75) is 12.5 Å². The van der Waals surface area contributed by atoms with Gasteiger partial charge in [-0.3, -0.25) is 4.79 Å². The zero-order valence-corrected chi connectivity index (χ0v) is 11.7. The molecule has 0 radical (unpaired) electrons. The third kappa shape index (κ3) is 2.64. The summed E-state index contributed by atoms with van der Waals surface area (Å²) in [7, 11) is 1.89. The normalized spacial score (nSPS) is 21.4. The van der Waals surface area contributed by atoms with Gasteiger partial charge in [0.2, 0.25) is 0 Å². The number of amides is 1. The summed E-state index contributed by atoms with van der Waals surface area (Å²) in [6.07, 6.45) is 0.970. The number of morpholine rings is 1. The molecule has 1 unspecified atom stereocenters. The van der Waals surface area contributed by atoms with Crippen LogP contribution in [0.4, 0.5) is 0 Å². The van der Waals surface area contributed by atoms with Crippen molar-refractivity contribution in [2.24, 2.45) is 0 Å². The van der Waals surface area contributed by atoms with Crippen molar-refractivity contribution < 1.29 is 14.3 Å². The summed E-state index contributed by atoms with van der Waals surface area (Å²) in [4.78, 5) is 14.4. The maximum Gasteiger partial charge on any atom is 0.254 e. The molecular weight excluding hydrogens is 256 g/mol. The number of hydrogen-bond acceptors (Lipinski definition) is 4. The highest BCUT2D eigenvalue weighted by Crippen LogP contribution is 2.26. The van der Waals surface area contributed by atoms with E-state index >= 15 is 0 Å². The molecule has 0 bridgehead atoms. The van der Waals surface area contributed by atoms with Gasteiger partial charge in [-0.25, -0.2) is 0 Å². The molecule has 0 saturated carbocycles. The summed E-state index contributed by atoms with van der Waals surface area (Å²) in [6.45, 7) is 3.39. The Kier molecular flexibility index (Phi) is 3.89. The Hall–Kier alpha value is -1.59. The number of benzene rings is 1. The number of rotatable bonds is 3. The van der Waals surface area contributed by atoms with Gasteiger partial charge in [0.25, 0.3) is 5.91 Å². The Labute approximate surface area is 118 Å². The first-order valence-electron chi connectivity index (χ1n) is 7.09. The molecule has 5 nitrogen and oxygen atoms in total. The lowest BCUT2D eigenvalue weighted by atomic mass is 10.1. The zero-order chi connectivity index (χ0) is 13.9. The Bertz CT molecular complexity index is 502. The maximum absolute atomic E-state index is 12.6. The first kappa shape index (κ1) is 13.4. The van der Waals surface area contributed by atoms with Crippen LogP contribution in [-0.2, 0) is 11.2 Å². The molecule has 5 heteroatoms. The molecule has 1 aromatic carbocycles. The molecule has 1 saturated heterocycles. The summed E-state index contributed by atoms with van der Waals surface area (Å²) in [6, 6.07) is 5.73. The minimum Gasteiger partial charge on any atom is -0.493 e. The molecule has 3 rings (SSSR count). The summed E-state index contributed by atoms with van der Waals surface area (Å²) >= 11 is 0. The number of carbonyl (C=O) groups excluding carboxylic acids is 1. The van der Waals surface area contributed by atoms with Crippen molar-refractivity contribution in [1.29, 1.82) is 0 Å². The number of carbonyl (C=O) groups is 1. The van der Waals surface area contributed by atoms with E-state index in [0.29, 0.717) is 19.7 Å². The van der Waals surface area contributed by atoms with Gasteiger partial charge in [-0.2, -0.15) is 0 Å². The number of likely N-dealkylation sites (N-methyl/N-ethyl adjacent to an activating group) is 1. The van der Waals surface area contributed by atoms with Gasteiger partial charge in [0.1, 0.15) is 5.75 Å². The Balaban J connectivity index is 1.72. The first-order chi connectivity index (χ1) is 9.78. The van der Waals surface area contributed by atoms with E-state index in [4.69, 9.17) is 9.47 Å². The van der Waals surface area contributed by atoms with Gasteiger partial charge in [0.15, 0.2) is 0 Å². The second-order valence-corrected chi connectivity index (χ2v) is 5.22. The van der Waals surface area contributed by atoms with Crippen LogP contribution in [-0.4, -0.2) is 56.8 Å². The van der Waals surface area contributed by atoms with Crippen molar-refractivity contribution in [3.05, 3.63) is 29.3 Å². The van der Waals surface area contributed by atoms with Gasteiger partial charge < -0.3 is 19.7 Å². The monoisotopic (exact) mass is 276 g/mol. The van der Waals surface area contributed by atoms with Crippen LogP contribution in [0.3, 0.4) is 0 Å². The lowest BCUT2D eigenvalue weighted by Crippen LogP contribution is -2.48. The zero-order valence-electron chi connectivity index (χ0n) is 11.7. The number of ether oxygens (including phenoxy) is 2. The fourth-order valence-electron chi connectivity index (χ4n) is 2.76. The topological polar surface area (TPSA) is 50.8 Å². The summed E-state index contributed by atoms with van der Waals surface area (Å²) in [5.74, 6) is 1.00. The summed E-state index contributed by atoms with van der Waals surface area (Å²) < 4.78 is 11.1. The van der Waals surface area contributed by atoms with E-state index in [0.717, 1.165) is 36.4 Å². The van der Waals surface area contributed by atoms with E-state index in [1.165, 1.54) is 0 Å². The van der Waals surface area contributed by atoms with Crippen LogP contribution in [0, 0.1) is 0 Å². The molecule has 2 aliphatic heterocycles. The minimum atomic E-state index is 0.0791. The van der Waals surface area contributed by atoms with E-state index in [-0.39, 0.29) is 12.0 Å². The van der Waals surface area contributed by atoms with Crippen molar-refractivity contribution in [3.8, 4) is 5.75 Å². The van der Waals surface area contributed by atoms with Crippen molar-refractivity contribution >= 4 is 5.91 Å². The van der Waals surface area contributed by atoms with Crippen LogP contribution in [0.1, 0.15) is 15.9 Å². The van der Waals surface area contributed by atoms with Crippen molar-refractivity contribution in [3.63, 3.8) is 0 Å². The van der Waals surface area contributed by atoms with E-state index < -0.39 is 0 Å². The molecule has 1 N–H and O–H groups in total. The highest BCUT2D eigenvalue weighted by molar-refractivity contribution is 5.94. The number of nitrogens with one attached hydrogen (secondary N) is 1. The quantitative estimate of drug-likeness (QED) is 0.882. The lowest BCUT2D eigenvalue weighted by Gasteiger charge is -2.33. The second kappa shape index (κ2) is 5.81. The molecular formula is C15H20N2O3. The molecule has 108 valence electrons. The second-order valence-electron chi connectivity index (χ2n) is 5.22. The summed E-state index contributed by atoms with van der Waals surface area (Å²) in [5, 5.41) is 3.09. The number of fused-ring (bicyclic) bond motifs is 1. The lowest BCUT2D eigenvalue weighted by molar-refractivity contribution is -0.0196. The average molecular weight is 276 g/mol. The van der Waals surface area contributed by atoms with E-state index in [9.17, 15) is 4.79 Å². The fourth-order valence-corrected chi connectivity index (χ4v) is 2.76. The van der Waals surface area contributed by atoms with Gasteiger partial charge >= 0.3 is 0 Å². The largest absolute Gasteiger partial charge is 0.493 e. The average Bonchev–Trinajstić information content (AvgIpc) is 2.94. The van der Waals surface area contributed by atoms with Crippen LogP contribution < -0.4 is 10.1 Å². The number of hydrogen-bond donors (Lipinski definition) is 1. The number of nitrogens with zero attached hydrogens (tertiary/aromatic N) is 1. The predicted octanol–water partition coefficient (Wildman–Crippen LogP) is 0.682. The molecule has 2 aliphatic rings. The molecule has 0 spiro atoms. The molecule has 20 heavy (non-hydrogen) atoms. The van der Waals surface area contributed by atoms with Gasteiger partial charge in [-0.05, 0) is 30.8 Å². The molecule has 1 aromatic rings. The van der Waals surface area contributed by atoms with E-state index in [1.807, 2.05) is 30.1 Å². The van der Waals surface area contributed by atoms with Gasteiger partial charge in [0.05, 0.1) is 19.3 Å².